The smallest absolute Gasteiger partial charge is 0.875 e. The number of carbonyl (C=O) groups excluding carboxylic acids is 3. The minimum atomic E-state index is -0.892. The number of rotatable bonds is 9. The molecule has 2 aromatic rings. The van der Waals surface area contributed by atoms with Crippen LogP contribution in [0.25, 0.3) is 0 Å². The molecule has 2 aliphatic carbocycles. The fourth-order valence-corrected chi connectivity index (χ4v) is 6.51. The average Bonchev–Trinajstić information content (AvgIpc) is 2.90. The summed E-state index contributed by atoms with van der Waals surface area (Å²) in [4.78, 5) is 36.5. The van der Waals surface area contributed by atoms with Crippen LogP contribution in [0.15, 0.2) is 82.0 Å². The first-order valence-electron chi connectivity index (χ1n) is 12.8. The van der Waals surface area contributed by atoms with Crippen LogP contribution in [0.3, 0.4) is 0 Å². The molecule has 2 aromatic carbocycles. The predicted octanol–water partition coefficient (Wildman–Crippen LogP) is 2.66. The number of ether oxygens (including phenoxy) is 1. The van der Waals surface area contributed by atoms with Crippen molar-refractivity contribution < 1.29 is 67.7 Å². The van der Waals surface area contributed by atoms with Crippen LogP contribution in [0, 0.1) is 29.4 Å². The fourth-order valence-electron chi connectivity index (χ4n) is 4.51. The second kappa shape index (κ2) is 17.8. The van der Waals surface area contributed by atoms with Crippen molar-refractivity contribution in [1.29, 1.82) is 0 Å². The molecule has 0 spiro atoms. The van der Waals surface area contributed by atoms with E-state index in [1.807, 2.05) is 0 Å². The first kappa shape index (κ1) is 35.1. The van der Waals surface area contributed by atoms with Gasteiger partial charge in [-0.1, -0.05) is 0 Å². The van der Waals surface area contributed by atoms with E-state index >= 15 is 0 Å². The van der Waals surface area contributed by atoms with Gasteiger partial charge in [-0.25, -0.2) is 8.78 Å². The van der Waals surface area contributed by atoms with Crippen molar-refractivity contribution in [3.63, 3.8) is 0 Å². The summed E-state index contributed by atoms with van der Waals surface area (Å²) < 4.78 is 30.2. The van der Waals surface area contributed by atoms with Crippen LogP contribution in [0.2, 0.25) is 0 Å². The van der Waals surface area contributed by atoms with Gasteiger partial charge in [0, 0.05) is 35.1 Å². The van der Waals surface area contributed by atoms with Gasteiger partial charge in [-0.3, -0.25) is 14.4 Å². The van der Waals surface area contributed by atoms with Crippen LogP contribution >= 0.6 is 23.5 Å². The molecule has 3 unspecified atom stereocenters. The number of aliphatic hydroxyl groups excluding tert-OH is 1. The van der Waals surface area contributed by atoms with Crippen LogP contribution < -0.4 is 34.7 Å². The average molecular weight is 613 g/mol. The molecule has 1 N–H and O–H groups in total. The first-order chi connectivity index (χ1) is 19.1. The van der Waals surface area contributed by atoms with Crippen LogP contribution in [-0.4, -0.2) is 41.3 Å². The summed E-state index contributed by atoms with van der Waals surface area (Å²) in [5, 5.41) is 21.2. The number of thioether (sulfide) groups is 2. The van der Waals surface area contributed by atoms with Crippen molar-refractivity contribution in [1.82, 2.24) is 0 Å². The van der Waals surface area contributed by atoms with Gasteiger partial charge in [0.15, 0.2) is 11.6 Å². The van der Waals surface area contributed by atoms with E-state index in [9.17, 15) is 33.4 Å². The maximum absolute atomic E-state index is 12.8. The Hall–Kier alpha value is -2.11. The molecule has 3 atom stereocenters. The Balaban J connectivity index is 0.000000285. The molecule has 0 saturated heterocycles. The van der Waals surface area contributed by atoms with Gasteiger partial charge < -0.3 is 14.9 Å². The Bertz CT molecular complexity index is 1230. The molecular formula is C30H31F2NaO6S2. The standard InChI is InChI=1S/C16H17FO4S.C14H15FO2S.Na/c1-21-16(20)15-10(8-12(18)9-14(15)19)6-7-22-13-4-2-11(17)3-5-13;15-11-1-3-14(4-2-11)18-6-5-10-7-12(16)9-13(17)8-10;/h2-5,9-10,15,19H,6-8H2,1H3;1-4,9-10,16H,5-8H2;/q;;+1/p-1. The molecule has 4 rings (SSSR count). The quantitative estimate of drug-likeness (QED) is 0.262. The van der Waals surface area contributed by atoms with E-state index in [-0.39, 0.29) is 76.8 Å². The molecule has 0 aliphatic heterocycles. The van der Waals surface area contributed by atoms with Gasteiger partial charge in [-0.05, 0) is 90.8 Å². The number of hydrogen-bond donors (Lipinski definition) is 1. The summed E-state index contributed by atoms with van der Waals surface area (Å²) in [7, 11) is 1.23. The SMILES string of the molecule is COC(=O)C1C([O-])=CC(=O)CC1CCSc1ccc(F)cc1.O=C1C=C(O)CC(CCSc2ccc(F)cc2)C1.[Na+]. The Morgan fingerprint density at radius 3 is 1.90 bits per heavy atom. The largest absolute Gasteiger partial charge is 1.00 e. The van der Waals surface area contributed by atoms with Crippen molar-refractivity contribution in [2.75, 3.05) is 18.6 Å². The number of halogens is 2. The number of hydrogen-bond acceptors (Lipinski definition) is 8. The maximum atomic E-state index is 12.8. The van der Waals surface area contributed by atoms with Gasteiger partial charge in [-0.15, -0.1) is 29.3 Å². The fraction of sp³-hybridized carbons (Fsp3) is 0.367. The maximum Gasteiger partial charge on any atom is 1.00 e. The van der Waals surface area contributed by atoms with Crippen molar-refractivity contribution in [2.45, 2.75) is 41.9 Å². The zero-order valence-electron chi connectivity index (χ0n) is 23.0. The summed E-state index contributed by atoms with van der Waals surface area (Å²) in [6.07, 6.45) is 5.02. The third-order valence-electron chi connectivity index (χ3n) is 6.49. The molecule has 41 heavy (non-hydrogen) atoms. The van der Waals surface area contributed by atoms with Gasteiger partial charge in [-0.2, -0.15) is 0 Å². The molecular weight excluding hydrogens is 581 g/mol. The van der Waals surface area contributed by atoms with Crippen molar-refractivity contribution >= 4 is 41.1 Å². The second-order valence-electron chi connectivity index (χ2n) is 9.54. The van der Waals surface area contributed by atoms with E-state index < -0.39 is 17.6 Å². The van der Waals surface area contributed by atoms with Crippen molar-refractivity contribution in [2.24, 2.45) is 17.8 Å². The topological polar surface area (TPSA) is 104 Å². The zero-order chi connectivity index (χ0) is 29.1. The van der Waals surface area contributed by atoms with Crippen LogP contribution in [0.1, 0.15) is 32.1 Å². The molecule has 0 saturated carbocycles. The van der Waals surface area contributed by atoms with Gasteiger partial charge in [0.25, 0.3) is 0 Å². The summed E-state index contributed by atoms with van der Waals surface area (Å²) in [5.74, 6) is -1.13. The van der Waals surface area contributed by atoms with Gasteiger partial charge in [0.05, 0.1) is 18.8 Å². The number of ketones is 2. The van der Waals surface area contributed by atoms with Gasteiger partial charge >= 0.3 is 35.5 Å². The van der Waals surface area contributed by atoms with Crippen molar-refractivity contribution in [3.05, 3.63) is 83.8 Å². The Morgan fingerprint density at radius 2 is 1.39 bits per heavy atom. The molecule has 0 bridgehead atoms. The summed E-state index contributed by atoms with van der Waals surface area (Å²) >= 11 is 3.14. The molecule has 214 valence electrons. The second-order valence-corrected chi connectivity index (χ2v) is 11.9. The number of carbonyl (C=O) groups is 3. The molecule has 2 aliphatic rings. The van der Waals surface area contributed by atoms with E-state index in [4.69, 9.17) is 0 Å². The van der Waals surface area contributed by atoms with Gasteiger partial charge in [0.1, 0.15) is 11.6 Å². The number of benzene rings is 2. The molecule has 0 radical (unpaired) electrons. The van der Waals surface area contributed by atoms with Crippen LogP contribution in [-0.2, 0) is 19.1 Å². The zero-order valence-corrected chi connectivity index (χ0v) is 26.6. The number of aliphatic hydroxyl groups is 1. The predicted molar refractivity (Wildman–Crippen MR) is 149 cm³/mol. The van der Waals surface area contributed by atoms with E-state index in [0.29, 0.717) is 25.0 Å². The van der Waals surface area contributed by atoms with Crippen LogP contribution in [0.4, 0.5) is 8.78 Å². The van der Waals surface area contributed by atoms with Crippen molar-refractivity contribution in [3.8, 4) is 0 Å². The number of methoxy groups -OCH3 is 1. The van der Waals surface area contributed by atoms with E-state index in [1.54, 1.807) is 36.0 Å². The number of esters is 1. The van der Waals surface area contributed by atoms with Gasteiger partial charge in [0.2, 0.25) is 0 Å². The molecule has 11 heteroatoms. The summed E-state index contributed by atoms with van der Waals surface area (Å²) in [6, 6.07) is 12.5. The molecule has 0 amide bonds. The Kier molecular flexibility index (Phi) is 15.2. The minimum absolute atomic E-state index is 0. The molecule has 0 aromatic heterocycles. The van der Waals surface area contributed by atoms with E-state index in [0.717, 1.165) is 28.0 Å². The van der Waals surface area contributed by atoms with E-state index in [2.05, 4.69) is 4.74 Å². The molecule has 0 heterocycles. The summed E-state index contributed by atoms with van der Waals surface area (Å²) in [5.41, 5.74) is 0. The van der Waals surface area contributed by atoms with E-state index in [1.165, 1.54) is 49.2 Å². The van der Waals surface area contributed by atoms with Crippen LogP contribution in [0.5, 0.6) is 0 Å². The summed E-state index contributed by atoms with van der Waals surface area (Å²) in [6.45, 7) is 0. The molecule has 0 fully saturated rings. The first-order valence-corrected chi connectivity index (χ1v) is 14.8. The monoisotopic (exact) mass is 612 g/mol. The Labute approximate surface area is 269 Å². The Morgan fingerprint density at radius 1 is 0.878 bits per heavy atom. The number of allylic oxidation sites excluding steroid dienone is 3. The minimum Gasteiger partial charge on any atom is -0.875 e. The third-order valence-corrected chi connectivity index (χ3v) is 8.59. The normalized spacial score (nSPS) is 20.1. The molecule has 6 nitrogen and oxygen atoms in total. The third kappa shape index (κ3) is 12.0.